The quantitative estimate of drug-likeness (QED) is 0.694. The van der Waals surface area contributed by atoms with Gasteiger partial charge in [-0.2, -0.15) is 13.2 Å². The van der Waals surface area contributed by atoms with Crippen molar-refractivity contribution in [3.05, 3.63) is 76.4 Å². The molecule has 0 fully saturated rings. The Kier molecular flexibility index (Phi) is 5.44. The molecule has 0 aliphatic carbocycles. The van der Waals surface area contributed by atoms with E-state index in [-0.39, 0.29) is 10.5 Å². The third kappa shape index (κ3) is 3.87. The number of benzene rings is 2. The van der Waals surface area contributed by atoms with Gasteiger partial charge < -0.3 is 9.47 Å². The number of hydrogen-bond donors (Lipinski definition) is 0. The number of sulfone groups is 1. The number of carbonyl (C=O) groups excluding carboxylic acids is 1. The molecule has 2 aromatic carbocycles. The van der Waals surface area contributed by atoms with Gasteiger partial charge in [-0.05, 0) is 24.6 Å². The lowest BCUT2D eigenvalue weighted by Gasteiger charge is -2.19. The van der Waals surface area contributed by atoms with Crippen LogP contribution in [0.5, 0.6) is 0 Å². The average molecular weight is 426 g/mol. The third-order valence-corrected chi connectivity index (χ3v) is 6.44. The number of halogens is 3. The minimum atomic E-state index is -5.12. The van der Waals surface area contributed by atoms with Crippen molar-refractivity contribution in [1.82, 2.24) is 0 Å². The van der Waals surface area contributed by atoms with E-state index in [4.69, 9.17) is 4.74 Å². The van der Waals surface area contributed by atoms with Crippen LogP contribution >= 0.6 is 0 Å². The first-order valence-corrected chi connectivity index (χ1v) is 9.98. The maximum Gasteiger partial charge on any atom is 0.450 e. The number of hydrogen-bond acceptors (Lipinski definition) is 5. The Morgan fingerprint density at radius 2 is 1.62 bits per heavy atom. The molecule has 1 aliphatic heterocycles. The van der Waals surface area contributed by atoms with Crippen LogP contribution in [0.1, 0.15) is 17.0 Å². The predicted molar refractivity (Wildman–Crippen MR) is 97.5 cm³/mol. The SMILES string of the molecule is COC(=O)[C@@H]1OC(C(F)(F)F)=C(S(=O)(=O)c2ccc(C)cc2)[C@H]1c1ccccc1. The molecule has 0 saturated heterocycles. The van der Waals surface area contributed by atoms with Crippen molar-refractivity contribution in [1.29, 1.82) is 0 Å². The number of esters is 1. The van der Waals surface area contributed by atoms with Gasteiger partial charge in [0.05, 0.1) is 17.9 Å². The molecule has 0 bridgehead atoms. The third-order valence-electron chi connectivity index (χ3n) is 4.52. The lowest BCUT2D eigenvalue weighted by molar-refractivity contribution is -0.161. The summed E-state index contributed by atoms with van der Waals surface area (Å²) in [5, 5.41) is 0. The fraction of sp³-hybridized carbons (Fsp3) is 0.250. The fourth-order valence-corrected chi connectivity index (χ4v) is 4.91. The number of ether oxygens (including phenoxy) is 2. The molecule has 0 N–H and O–H groups in total. The molecule has 1 heterocycles. The molecule has 9 heteroatoms. The molecule has 0 amide bonds. The minimum Gasteiger partial charge on any atom is -0.472 e. The van der Waals surface area contributed by atoms with Gasteiger partial charge >= 0.3 is 12.1 Å². The fourth-order valence-electron chi connectivity index (χ4n) is 3.16. The average Bonchev–Trinajstić information content (AvgIpc) is 3.10. The first kappa shape index (κ1) is 20.9. The van der Waals surface area contributed by atoms with Crippen LogP contribution in [0, 0.1) is 6.92 Å². The topological polar surface area (TPSA) is 69.7 Å². The predicted octanol–water partition coefficient (Wildman–Crippen LogP) is 3.90. The second kappa shape index (κ2) is 7.55. The van der Waals surface area contributed by atoms with Crippen LogP contribution < -0.4 is 0 Å². The van der Waals surface area contributed by atoms with E-state index >= 15 is 0 Å². The lowest BCUT2D eigenvalue weighted by atomic mass is 9.94. The minimum absolute atomic E-state index is 0.188. The van der Waals surface area contributed by atoms with E-state index in [0.717, 1.165) is 12.7 Å². The van der Waals surface area contributed by atoms with Crippen molar-refractivity contribution in [2.24, 2.45) is 0 Å². The molecule has 0 radical (unpaired) electrons. The van der Waals surface area contributed by atoms with Crippen LogP contribution in [0.25, 0.3) is 0 Å². The monoisotopic (exact) mass is 426 g/mol. The van der Waals surface area contributed by atoms with Crippen LogP contribution in [0.4, 0.5) is 13.2 Å². The highest BCUT2D eigenvalue weighted by molar-refractivity contribution is 7.95. The van der Waals surface area contributed by atoms with E-state index in [9.17, 15) is 26.4 Å². The smallest absolute Gasteiger partial charge is 0.450 e. The molecule has 2 atom stereocenters. The molecule has 154 valence electrons. The number of rotatable bonds is 4. The van der Waals surface area contributed by atoms with Crippen LogP contribution in [0.15, 0.2) is 70.2 Å². The van der Waals surface area contributed by atoms with E-state index in [2.05, 4.69) is 4.74 Å². The van der Waals surface area contributed by atoms with Crippen molar-refractivity contribution in [3.8, 4) is 0 Å². The van der Waals surface area contributed by atoms with Crippen LogP contribution in [0.2, 0.25) is 0 Å². The Hall–Kier alpha value is -2.81. The molecule has 0 saturated carbocycles. The molecule has 0 aromatic heterocycles. The Labute approximate surface area is 165 Å². The van der Waals surface area contributed by atoms with Crippen molar-refractivity contribution in [2.45, 2.75) is 30.0 Å². The molecule has 0 unspecified atom stereocenters. The Balaban J connectivity index is 2.29. The number of alkyl halides is 3. The summed E-state index contributed by atoms with van der Waals surface area (Å²) in [5.41, 5.74) is 0.927. The molecule has 29 heavy (non-hydrogen) atoms. The summed E-state index contributed by atoms with van der Waals surface area (Å²) in [6.45, 7) is 1.72. The summed E-state index contributed by atoms with van der Waals surface area (Å²) in [7, 11) is -3.64. The van der Waals surface area contributed by atoms with Gasteiger partial charge in [-0.3, -0.25) is 0 Å². The summed E-state index contributed by atoms with van der Waals surface area (Å²) in [4.78, 5) is 10.9. The van der Waals surface area contributed by atoms with Gasteiger partial charge in [-0.1, -0.05) is 48.0 Å². The molecular formula is C20H17F3O5S. The second-order valence-electron chi connectivity index (χ2n) is 6.46. The normalized spacial score (nSPS) is 19.8. The van der Waals surface area contributed by atoms with E-state index in [1.54, 1.807) is 13.0 Å². The molecular weight excluding hydrogens is 409 g/mol. The van der Waals surface area contributed by atoms with Gasteiger partial charge in [-0.25, -0.2) is 13.2 Å². The largest absolute Gasteiger partial charge is 0.472 e. The molecule has 5 nitrogen and oxygen atoms in total. The first-order chi connectivity index (χ1) is 13.6. The summed E-state index contributed by atoms with van der Waals surface area (Å²) in [6.07, 6.45) is -6.91. The van der Waals surface area contributed by atoms with Crippen molar-refractivity contribution < 1.29 is 35.9 Å². The molecule has 3 rings (SSSR count). The van der Waals surface area contributed by atoms with Crippen LogP contribution in [0.3, 0.4) is 0 Å². The molecule has 1 aliphatic rings. The highest BCUT2D eigenvalue weighted by Crippen LogP contribution is 2.49. The van der Waals surface area contributed by atoms with E-state index in [1.165, 1.54) is 48.5 Å². The van der Waals surface area contributed by atoms with Gasteiger partial charge in [-0.15, -0.1) is 0 Å². The van der Waals surface area contributed by atoms with E-state index in [1.807, 2.05) is 0 Å². The van der Waals surface area contributed by atoms with Crippen LogP contribution in [-0.2, 0) is 24.1 Å². The highest BCUT2D eigenvalue weighted by atomic mass is 32.2. The molecule has 0 spiro atoms. The Morgan fingerprint density at radius 1 is 1.03 bits per heavy atom. The highest BCUT2D eigenvalue weighted by Gasteiger charge is 2.56. The lowest BCUT2D eigenvalue weighted by Crippen LogP contribution is -2.30. The van der Waals surface area contributed by atoms with E-state index < -0.39 is 44.7 Å². The first-order valence-electron chi connectivity index (χ1n) is 8.50. The summed E-state index contributed by atoms with van der Waals surface area (Å²) < 4.78 is 77.2. The number of methoxy groups -OCH3 is 1. The zero-order chi connectivity index (χ0) is 21.4. The van der Waals surface area contributed by atoms with Gasteiger partial charge in [0.2, 0.25) is 21.7 Å². The number of allylic oxidation sites excluding steroid dienone is 1. The van der Waals surface area contributed by atoms with Gasteiger partial charge in [0.15, 0.2) is 0 Å². The van der Waals surface area contributed by atoms with Crippen molar-refractivity contribution in [2.75, 3.05) is 7.11 Å². The molecule has 2 aromatic rings. The maximum atomic E-state index is 13.8. The van der Waals surface area contributed by atoms with E-state index in [0.29, 0.717) is 0 Å². The Morgan fingerprint density at radius 3 is 2.14 bits per heavy atom. The maximum absolute atomic E-state index is 13.8. The zero-order valence-electron chi connectivity index (χ0n) is 15.4. The number of aryl methyl sites for hydroxylation is 1. The van der Waals surface area contributed by atoms with Gasteiger partial charge in [0.25, 0.3) is 0 Å². The van der Waals surface area contributed by atoms with Crippen molar-refractivity contribution in [3.63, 3.8) is 0 Å². The number of carbonyl (C=O) groups is 1. The summed E-state index contributed by atoms with van der Waals surface area (Å²) >= 11 is 0. The second-order valence-corrected chi connectivity index (χ2v) is 8.38. The van der Waals surface area contributed by atoms with Gasteiger partial charge in [0, 0.05) is 0 Å². The standard InChI is InChI=1S/C20H17F3O5S/c1-12-8-10-14(11-9-12)29(25,26)17-15(13-6-4-3-5-7-13)16(19(24)27-2)28-18(17)20(21,22)23/h3-11,15-16H,1-2H3/t15-,16+/m0/s1. The van der Waals surface area contributed by atoms with Crippen LogP contribution in [-0.4, -0.2) is 33.8 Å². The summed E-state index contributed by atoms with van der Waals surface area (Å²) in [6, 6.07) is 13.0. The zero-order valence-corrected chi connectivity index (χ0v) is 16.3. The van der Waals surface area contributed by atoms with Crippen molar-refractivity contribution >= 4 is 15.8 Å². The van der Waals surface area contributed by atoms with Gasteiger partial charge in [0.1, 0.15) is 4.91 Å². The Bertz CT molecular complexity index is 1040. The summed E-state index contributed by atoms with van der Waals surface area (Å²) in [5.74, 6) is -4.32.